The molecular weight excluding hydrogens is 218 g/mol. The van der Waals surface area contributed by atoms with E-state index in [0.29, 0.717) is 0 Å². The zero-order valence-electron chi connectivity index (χ0n) is 10.4. The maximum atomic E-state index is 11.2. The summed E-state index contributed by atoms with van der Waals surface area (Å²) in [5.41, 5.74) is 6.09. The molecule has 0 aromatic rings. The van der Waals surface area contributed by atoms with Gasteiger partial charge in [-0.2, -0.15) is 0 Å². The van der Waals surface area contributed by atoms with Gasteiger partial charge in [0, 0.05) is 12.6 Å². The summed E-state index contributed by atoms with van der Waals surface area (Å²) in [6.07, 6.45) is 7.67. The highest BCUT2D eigenvalue weighted by Crippen LogP contribution is 2.29. The summed E-state index contributed by atoms with van der Waals surface area (Å²) in [6, 6.07) is -0.224. The molecule has 5 nitrogen and oxygen atoms in total. The van der Waals surface area contributed by atoms with Gasteiger partial charge < -0.3 is 16.1 Å². The lowest BCUT2D eigenvalue weighted by Gasteiger charge is -2.43. The van der Waals surface area contributed by atoms with Crippen molar-refractivity contribution < 1.29 is 5.21 Å². The fourth-order valence-electron chi connectivity index (χ4n) is 3.24. The van der Waals surface area contributed by atoms with Crippen molar-refractivity contribution in [2.24, 2.45) is 11.7 Å². The molecule has 3 unspecified atom stereocenters. The Balaban J connectivity index is 1.90. The van der Waals surface area contributed by atoms with Crippen molar-refractivity contribution in [1.82, 2.24) is 10.1 Å². The monoisotopic (exact) mass is 242 g/mol. The summed E-state index contributed by atoms with van der Waals surface area (Å²) in [5, 5.41) is 20.5. The van der Waals surface area contributed by atoms with E-state index in [1.807, 2.05) is 0 Å². The summed E-state index contributed by atoms with van der Waals surface area (Å²) in [5.74, 6) is 0.274. The van der Waals surface area contributed by atoms with Crippen molar-refractivity contribution in [3.05, 3.63) is 5.21 Å². The maximum absolute atomic E-state index is 11.2. The highest BCUT2D eigenvalue weighted by atomic mass is 16.8. The first-order chi connectivity index (χ1) is 8.18. The minimum absolute atomic E-state index is 0.144. The van der Waals surface area contributed by atoms with Crippen molar-refractivity contribution in [3.63, 3.8) is 0 Å². The first-order valence-corrected chi connectivity index (χ1v) is 6.83. The van der Waals surface area contributed by atoms with Crippen molar-refractivity contribution in [1.29, 1.82) is 0 Å². The molecule has 3 atom stereocenters. The average Bonchev–Trinajstić information content (AvgIpc) is 2.32. The van der Waals surface area contributed by atoms with Gasteiger partial charge >= 0.3 is 0 Å². The van der Waals surface area contributed by atoms with E-state index in [0.717, 1.165) is 45.2 Å². The molecule has 0 aromatic heterocycles. The predicted molar refractivity (Wildman–Crippen MR) is 66.1 cm³/mol. The third-order valence-corrected chi connectivity index (χ3v) is 4.29. The lowest BCUT2D eigenvalue weighted by Crippen LogP contribution is -2.51. The van der Waals surface area contributed by atoms with Gasteiger partial charge in [0.15, 0.2) is 0 Å². The Kier molecular flexibility index (Phi) is 4.76. The molecule has 1 saturated heterocycles. The van der Waals surface area contributed by atoms with E-state index >= 15 is 0 Å². The van der Waals surface area contributed by atoms with Gasteiger partial charge in [-0.3, -0.25) is 10.1 Å². The molecule has 2 rings (SSSR count). The number of rotatable bonds is 3. The van der Waals surface area contributed by atoms with E-state index in [1.54, 1.807) is 0 Å². The van der Waals surface area contributed by atoms with Gasteiger partial charge in [-0.05, 0) is 44.6 Å². The molecule has 5 heteroatoms. The van der Waals surface area contributed by atoms with Crippen LogP contribution in [0, 0.1) is 11.1 Å². The molecule has 0 aromatic carbocycles. The van der Waals surface area contributed by atoms with Crippen LogP contribution >= 0.6 is 0 Å². The number of nitrogens with zero attached hydrogens (tertiary/aromatic N) is 2. The molecule has 0 amide bonds. The van der Waals surface area contributed by atoms with Gasteiger partial charge in [-0.15, -0.1) is 0 Å². The quantitative estimate of drug-likeness (QED) is 0.734. The van der Waals surface area contributed by atoms with E-state index in [1.165, 1.54) is 12.8 Å². The van der Waals surface area contributed by atoms with Crippen LogP contribution < -0.4 is 5.73 Å². The summed E-state index contributed by atoms with van der Waals surface area (Å²) >= 11 is 0. The van der Waals surface area contributed by atoms with Gasteiger partial charge in [-0.1, -0.05) is 12.8 Å². The van der Waals surface area contributed by atoms with Crippen LogP contribution in [0.25, 0.3) is 0 Å². The predicted octanol–water partition coefficient (Wildman–Crippen LogP) is 1.50. The normalized spacial score (nSPS) is 36.4. The Morgan fingerprint density at radius 1 is 1.18 bits per heavy atom. The van der Waals surface area contributed by atoms with Crippen LogP contribution in [-0.4, -0.2) is 40.6 Å². The number of hydrogen-bond donors (Lipinski definition) is 2. The van der Waals surface area contributed by atoms with Crippen LogP contribution in [-0.2, 0) is 0 Å². The first-order valence-electron chi connectivity index (χ1n) is 6.83. The Hall–Kier alpha value is -0.200. The molecule has 2 fully saturated rings. The van der Waals surface area contributed by atoms with Crippen molar-refractivity contribution in [3.8, 4) is 0 Å². The Morgan fingerprint density at radius 2 is 1.88 bits per heavy atom. The smallest absolute Gasteiger partial charge is 0.0571 e. The van der Waals surface area contributed by atoms with E-state index in [4.69, 9.17) is 5.73 Å². The van der Waals surface area contributed by atoms with Crippen molar-refractivity contribution >= 4 is 0 Å². The van der Waals surface area contributed by atoms with Gasteiger partial charge in [0.1, 0.15) is 0 Å². The Morgan fingerprint density at radius 3 is 2.59 bits per heavy atom. The van der Waals surface area contributed by atoms with Gasteiger partial charge in [0.05, 0.1) is 6.17 Å². The Bertz CT molecular complexity index is 238. The minimum atomic E-state index is -0.224. The summed E-state index contributed by atoms with van der Waals surface area (Å²) in [6.45, 7) is 1.90. The zero-order valence-corrected chi connectivity index (χ0v) is 10.4. The molecule has 100 valence electrons. The molecule has 1 aliphatic heterocycles. The molecule has 1 saturated carbocycles. The van der Waals surface area contributed by atoms with Gasteiger partial charge in [0.2, 0.25) is 0 Å². The van der Waals surface area contributed by atoms with E-state index < -0.39 is 0 Å². The van der Waals surface area contributed by atoms with Crippen LogP contribution in [0.15, 0.2) is 0 Å². The first kappa shape index (κ1) is 13.2. The number of piperidine rings is 1. The highest BCUT2D eigenvalue weighted by molar-refractivity contribution is 4.84. The highest BCUT2D eigenvalue weighted by Gasteiger charge is 2.29. The average molecular weight is 242 g/mol. The topological polar surface area (TPSA) is 75.8 Å². The molecule has 0 radical (unpaired) electrons. The second-order valence-corrected chi connectivity index (χ2v) is 5.47. The molecular formula is C12H24N3O2-. The second kappa shape index (κ2) is 6.11. The largest absolute Gasteiger partial charge is 0.762 e. The van der Waals surface area contributed by atoms with Gasteiger partial charge in [-0.25, -0.2) is 0 Å². The van der Waals surface area contributed by atoms with E-state index in [-0.39, 0.29) is 23.4 Å². The second-order valence-electron chi connectivity index (χ2n) is 5.47. The van der Waals surface area contributed by atoms with Crippen LogP contribution in [0.1, 0.15) is 44.9 Å². The zero-order chi connectivity index (χ0) is 12.3. The van der Waals surface area contributed by atoms with Crippen LogP contribution in [0.3, 0.4) is 0 Å². The van der Waals surface area contributed by atoms with Gasteiger partial charge in [0.25, 0.3) is 0 Å². The summed E-state index contributed by atoms with van der Waals surface area (Å²) in [7, 11) is 0. The molecule has 3 N–H and O–H groups in total. The number of hydrogen-bond acceptors (Lipinski definition) is 5. The maximum Gasteiger partial charge on any atom is 0.0571 e. The SMILES string of the molecule is NC1CCCCN1CC1CCCCC1N([O-])O. The third-order valence-electron chi connectivity index (χ3n) is 4.29. The fourth-order valence-corrected chi connectivity index (χ4v) is 3.24. The fraction of sp³-hybridized carbons (Fsp3) is 1.00. The van der Waals surface area contributed by atoms with Crippen molar-refractivity contribution in [2.75, 3.05) is 13.1 Å². The molecule has 1 aliphatic carbocycles. The standard InChI is InChI=1S/C12H24N3O2/c13-12-7-3-4-8-14(12)9-10-5-1-2-6-11(10)15(16)17/h10-12,16H,1-9,13H2/q-1. The lowest BCUT2D eigenvalue weighted by molar-refractivity contribution is -0.111. The van der Waals surface area contributed by atoms with Crippen LogP contribution in [0.2, 0.25) is 0 Å². The minimum Gasteiger partial charge on any atom is -0.762 e. The van der Waals surface area contributed by atoms with Crippen LogP contribution in [0.5, 0.6) is 0 Å². The molecule has 0 bridgehead atoms. The summed E-state index contributed by atoms with van der Waals surface area (Å²) < 4.78 is 0. The van der Waals surface area contributed by atoms with Crippen LogP contribution in [0.4, 0.5) is 0 Å². The summed E-state index contributed by atoms with van der Waals surface area (Å²) in [4.78, 5) is 2.29. The van der Waals surface area contributed by atoms with E-state index in [2.05, 4.69) is 4.90 Å². The molecule has 0 spiro atoms. The third kappa shape index (κ3) is 3.39. The number of likely N-dealkylation sites (tertiary alicyclic amines) is 1. The lowest BCUT2D eigenvalue weighted by atomic mass is 9.84. The Labute approximate surface area is 103 Å². The number of nitrogens with two attached hydrogens (primary N) is 1. The van der Waals surface area contributed by atoms with Crippen molar-refractivity contribution in [2.45, 2.75) is 57.2 Å². The van der Waals surface area contributed by atoms with E-state index in [9.17, 15) is 10.4 Å². The molecule has 2 aliphatic rings. The molecule has 17 heavy (non-hydrogen) atoms. The number of hydroxylamine groups is 2. The molecule has 1 heterocycles.